The smallest absolute Gasteiger partial charge is 0.191 e. The minimum absolute atomic E-state index is 0. The van der Waals surface area contributed by atoms with Crippen molar-refractivity contribution in [2.24, 2.45) is 4.99 Å². The van der Waals surface area contributed by atoms with Crippen molar-refractivity contribution in [3.8, 4) is 5.75 Å². The van der Waals surface area contributed by atoms with Crippen molar-refractivity contribution < 1.29 is 9.47 Å². The fraction of sp³-hybridized carbons (Fsp3) is 0.533. The lowest BCUT2D eigenvalue weighted by atomic mass is 10.1. The number of rotatable bonds is 7. The molecule has 0 aliphatic heterocycles. The van der Waals surface area contributed by atoms with Gasteiger partial charge >= 0.3 is 0 Å². The van der Waals surface area contributed by atoms with Gasteiger partial charge in [0.2, 0.25) is 0 Å². The summed E-state index contributed by atoms with van der Waals surface area (Å²) in [6.45, 7) is 5.99. The number of guanidine groups is 1. The molecular formula is C15H26IN3O2. The van der Waals surface area contributed by atoms with Gasteiger partial charge in [0.1, 0.15) is 12.4 Å². The molecule has 0 spiro atoms. The van der Waals surface area contributed by atoms with E-state index < -0.39 is 0 Å². The molecule has 0 amide bonds. The molecule has 0 aliphatic rings. The van der Waals surface area contributed by atoms with E-state index in [2.05, 4.69) is 15.6 Å². The minimum atomic E-state index is -0.224. The van der Waals surface area contributed by atoms with Crippen LogP contribution >= 0.6 is 24.0 Å². The van der Waals surface area contributed by atoms with E-state index in [4.69, 9.17) is 9.47 Å². The standard InChI is InChI=1S/C15H25N3O2.HI/c1-15(2,19-4)12-18-14(16-3)17-10-11-20-13-8-6-5-7-9-13;/h5-9H,10-12H2,1-4H3,(H2,16,17,18);1H. The third kappa shape index (κ3) is 8.77. The molecular weight excluding hydrogens is 381 g/mol. The first-order valence-corrected chi connectivity index (χ1v) is 6.75. The molecule has 0 saturated heterocycles. The van der Waals surface area contributed by atoms with E-state index in [9.17, 15) is 0 Å². The zero-order valence-corrected chi connectivity index (χ0v) is 15.5. The van der Waals surface area contributed by atoms with Crippen molar-refractivity contribution >= 4 is 29.9 Å². The summed E-state index contributed by atoms with van der Waals surface area (Å²) in [6, 6.07) is 9.75. The molecule has 0 heterocycles. The van der Waals surface area contributed by atoms with Gasteiger partial charge in [-0.15, -0.1) is 24.0 Å². The lowest BCUT2D eigenvalue weighted by Crippen LogP contribution is -2.46. The molecule has 0 saturated carbocycles. The normalized spacial score (nSPS) is 11.5. The van der Waals surface area contributed by atoms with Gasteiger partial charge in [-0.2, -0.15) is 0 Å². The number of nitrogens with one attached hydrogen (secondary N) is 2. The third-order valence-electron chi connectivity index (χ3n) is 2.86. The molecule has 5 nitrogen and oxygen atoms in total. The number of methoxy groups -OCH3 is 1. The second kappa shape index (κ2) is 10.7. The van der Waals surface area contributed by atoms with E-state index >= 15 is 0 Å². The molecule has 120 valence electrons. The van der Waals surface area contributed by atoms with Gasteiger partial charge in [0, 0.05) is 20.7 Å². The second-order valence-electron chi connectivity index (χ2n) is 4.98. The molecule has 0 aromatic heterocycles. The molecule has 0 aliphatic carbocycles. The van der Waals surface area contributed by atoms with Crippen LogP contribution in [0.5, 0.6) is 5.75 Å². The summed E-state index contributed by atoms with van der Waals surface area (Å²) in [5.41, 5.74) is -0.224. The molecule has 21 heavy (non-hydrogen) atoms. The SMILES string of the molecule is CN=C(NCCOc1ccccc1)NCC(C)(C)OC.I. The van der Waals surface area contributed by atoms with E-state index in [-0.39, 0.29) is 29.6 Å². The van der Waals surface area contributed by atoms with Gasteiger partial charge in [0.25, 0.3) is 0 Å². The van der Waals surface area contributed by atoms with Crippen molar-refractivity contribution in [2.45, 2.75) is 19.4 Å². The number of benzene rings is 1. The zero-order valence-electron chi connectivity index (χ0n) is 13.2. The predicted molar refractivity (Wildman–Crippen MR) is 97.8 cm³/mol. The summed E-state index contributed by atoms with van der Waals surface area (Å²) in [4.78, 5) is 4.15. The molecule has 0 unspecified atom stereocenters. The predicted octanol–water partition coefficient (Wildman–Crippen LogP) is 2.27. The maximum Gasteiger partial charge on any atom is 0.191 e. The fourth-order valence-electron chi connectivity index (χ4n) is 1.44. The quantitative estimate of drug-likeness (QED) is 0.315. The highest BCUT2D eigenvalue weighted by atomic mass is 127. The summed E-state index contributed by atoms with van der Waals surface area (Å²) >= 11 is 0. The molecule has 0 fully saturated rings. The van der Waals surface area contributed by atoms with Crippen LogP contribution in [-0.4, -0.2) is 45.4 Å². The zero-order chi connectivity index (χ0) is 14.8. The van der Waals surface area contributed by atoms with Gasteiger partial charge in [-0.3, -0.25) is 4.99 Å². The van der Waals surface area contributed by atoms with Crippen molar-refractivity contribution in [1.29, 1.82) is 0 Å². The van der Waals surface area contributed by atoms with Crippen LogP contribution in [0.4, 0.5) is 0 Å². The Labute approximate surface area is 144 Å². The van der Waals surface area contributed by atoms with Crippen molar-refractivity contribution in [2.75, 3.05) is 33.9 Å². The van der Waals surface area contributed by atoms with Crippen LogP contribution in [0.3, 0.4) is 0 Å². The number of aliphatic imine (C=N–C) groups is 1. The summed E-state index contributed by atoms with van der Waals surface area (Å²) in [7, 11) is 3.44. The summed E-state index contributed by atoms with van der Waals surface area (Å²) in [5.74, 6) is 1.62. The highest BCUT2D eigenvalue weighted by Gasteiger charge is 2.16. The number of para-hydroxylation sites is 1. The first-order chi connectivity index (χ1) is 9.57. The lowest BCUT2D eigenvalue weighted by molar-refractivity contribution is 0.0268. The maximum absolute atomic E-state index is 5.60. The van der Waals surface area contributed by atoms with Gasteiger partial charge in [0.05, 0.1) is 12.1 Å². The van der Waals surface area contributed by atoms with Gasteiger partial charge in [-0.25, -0.2) is 0 Å². The van der Waals surface area contributed by atoms with Crippen LogP contribution < -0.4 is 15.4 Å². The number of hydrogen-bond donors (Lipinski definition) is 2. The lowest BCUT2D eigenvalue weighted by Gasteiger charge is -2.24. The Morgan fingerprint density at radius 2 is 1.86 bits per heavy atom. The van der Waals surface area contributed by atoms with Crippen LogP contribution in [0.1, 0.15) is 13.8 Å². The highest BCUT2D eigenvalue weighted by Crippen LogP contribution is 2.07. The molecule has 0 bridgehead atoms. The summed E-state index contributed by atoms with van der Waals surface area (Å²) in [5, 5.41) is 6.41. The topological polar surface area (TPSA) is 54.9 Å². The van der Waals surface area contributed by atoms with Crippen molar-refractivity contribution in [3.63, 3.8) is 0 Å². The van der Waals surface area contributed by atoms with Gasteiger partial charge in [-0.1, -0.05) is 18.2 Å². The van der Waals surface area contributed by atoms with Gasteiger partial charge < -0.3 is 20.1 Å². The molecule has 1 aromatic rings. The van der Waals surface area contributed by atoms with E-state index in [1.54, 1.807) is 14.2 Å². The van der Waals surface area contributed by atoms with E-state index in [0.717, 1.165) is 11.7 Å². The molecule has 0 atom stereocenters. The van der Waals surface area contributed by atoms with E-state index in [1.165, 1.54) is 0 Å². The van der Waals surface area contributed by atoms with Gasteiger partial charge in [-0.05, 0) is 26.0 Å². The van der Waals surface area contributed by atoms with Gasteiger partial charge in [0.15, 0.2) is 5.96 Å². The molecule has 1 rings (SSSR count). The largest absolute Gasteiger partial charge is 0.492 e. The number of halogens is 1. The van der Waals surface area contributed by atoms with Crippen LogP contribution in [0.15, 0.2) is 35.3 Å². The van der Waals surface area contributed by atoms with E-state index in [1.807, 2.05) is 44.2 Å². The van der Waals surface area contributed by atoms with E-state index in [0.29, 0.717) is 19.7 Å². The average molecular weight is 407 g/mol. The Balaban J connectivity index is 0.00000400. The molecule has 0 radical (unpaired) electrons. The monoisotopic (exact) mass is 407 g/mol. The highest BCUT2D eigenvalue weighted by molar-refractivity contribution is 14.0. The third-order valence-corrected chi connectivity index (χ3v) is 2.86. The van der Waals surface area contributed by atoms with Crippen molar-refractivity contribution in [3.05, 3.63) is 30.3 Å². The fourth-order valence-corrected chi connectivity index (χ4v) is 1.44. The molecule has 1 aromatic carbocycles. The second-order valence-corrected chi connectivity index (χ2v) is 4.98. The Hall–Kier alpha value is -1.02. The average Bonchev–Trinajstić information content (AvgIpc) is 2.47. The van der Waals surface area contributed by atoms with Crippen LogP contribution in [0.25, 0.3) is 0 Å². The Morgan fingerprint density at radius 1 is 1.19 bits per heavy atom. The summed E-state index contributed by atoms with van der Waals surface area (Å²) < 4.78 is 10.9. The number of nitrogens with zero attached hydrogens (tertiary/aromatic N) is 1. The number of hydrogen-bond acceptors (Lipinski definition) is 3. The maximum atomic E-state index is 5.60. The van der Waals surface area contributed by atoms with Crippen LogP contribution in [0.2, 0.25) is 0 Å². The Morgan fingerprint density at radius 3 is 2.43 bits per heavy atom. The first-order valence-electron chi connectivity index (χ1n) is 6.75. The minimum Gasteiger partial charge on any atom is -0.492 e. The van der Waals surface area contributed by atoms with Crippen molar-refractivity contribution in [1.82, 2.24) is 10.6 Å². The molecule has 2 N–H and O–H groups in total. The van der Waals surface area contributed by atoms with Crippen LogP contribution in [0, 0.1) is 0 Å². The number of ether oxygens (including phenoxy) is 2. The first kappa shape index (κ1) is 20.0. The van der Waals surface area contributed by atoms with Crippen LogP contribution in [-0.2, 0) is 4.74 Å². The Kier molecular flexibility index (Phi) is 10.2. The summed E-state index contributed by atoms with van der Waals surface area (Å²) in [6.07, 6.45) is 0. The molecule has 6 heteroatoms. The Bertz CT molecular complexity index is 411.